The Bertz CT molecular complexity index is 578. The van der Waals surface area contributed by atoms with E-state index in [9.17, 15) is 4.79 Å². The molecule has 0 saturated heterocycles. The van der Waals surface area contributed by atoms with Gasteiger partial charge in [0.25, 0.3) is 5.91 Å². The molecule has 1 aromatic heterocycles. The summed E-state index contributed by atoms with van der Waals surface area (Å²) in [6.07, 6.45) is 2.20. The quantitative estimate of drug-likeness (QED) is 0.826. The van der Waals surface area contributed by atoms with Crippen LogP contribution < -0.4 is 0 Å². The summed E-state index contributed by atoms with van der Waals surface area (Å²) >= 11 is 7.79. The van der Waals surface area contributed by atoms with Gasteiger partial charge < -0.3 is 4.90 Å². The number of hydrogen-bond acceptors (Lipinski definition) is 2. The Hall–Kier alpha value is -1.32. The molecule has 1 amide bonds. The van der Waals surface area contributed by atoms with Crippen LogP contribution in [0.5, 0.6) is 0 Å². The number of halogens is 1. The van der Waals surface area contributed by atoms with Crippen molar-refractivity contribution in [2.75, 3.05) is 0 Å². The minimum atomic E-state index is 0.0410. The molecule has 0 unspecified atom stereocenters. The Morgan fingerprint density at radius 2 is 2.11 bits per heavy atom. The number of rotatable bonds is 4. The van der Waals surface area contributed by atoms with Crippen LogP contribution in [0.15, 0.2) is 41.1 Å². The Morgan fingerprint density at radius 3 is 2.74 bits per heavy atom. The summed E-state index contributed by atoms with van der Waals surface area (Å²) in [6, 6.07) is 9.72. The molecule has 1 aliphatic rings. The van der Waals surface area contributed by atoms with Crippen molar-refractivity contribution in [3.63, 3.8) is 0 Å². The minimum absolute atomic E-state index is 0.0410. The normalized spacial score (nSPS) is 14.4. The van der Waals surface area contributed by atoms with Gasteiger partial charge in [-0.25, -0.2) is 0 Å². The highest BCUT2D eigenvalue weighted by atomic mass is 35.5. The number of carbonyl (C=O) groups excluding carboxylic acids is 1. The fourth-order valence-corrected chi connectivity index (χ4v) is 3.00. The minimum Gasteiger partial charge on any atom is -0.331 e. The van der Waals surface area contributed by atoms with Crippen LogP contribution in [0.4, 0.5) is 0 Å². The van der Waals surface area contributed by atoms with Crippen molar-refractivity contribution < 1.29 is 4.79 Å². The van der Waals surface area contributed by atoms with Crippen LogP contribution in [0, 0.1) is 0 Å². The molecule has 19 heavy (non-hydrogen) atoms. The zero-order valence-corrected chi connectivity index (χ0v) is 12.0. The molecule has 0 radical (unpaired) electrons. The van der Waals surface area contributed by atoms with Crippen molar-refractivity contribution in [3.8, 4) is 0 Å². The fourth-order valence-electron chi connectivity index (χ4n) is 2.12. The van der Waals surface area contributed by atoms with Crippen molar-refractivity contribution in [1.29, 1.82) is 0 Å². The molecule has 98 valence electrons. The molecule has 0 atom stereocenters. The first-order chi connectivity index (χ1) is 9.25. The highest BCUT2D eigenvalue weighted by molar-refractivity contribution is 7.07. The first-order valence-electron chi connectivity index (χ1n) is 6.32. The Morgan fingerprint density at radius 1 is 1.32 bits per heavy atom. The Balaban J connectivity index is 1.84. The molecular formula is C15H14ClNOS. The average Bonchev–Trinajstić information content (AvgIpc) is 3.13. The van der Waals surface area contributed by atoms with Crippen molar-refractivity contribution >= 4 is 28.8 Å². The van der Waals surface area contributed by atoms with Crippen LogP contribution in [-0.2, 0) is 6.54 Å². The molecule has 0 N–H and O–H groups in total. The third kappa shape index (κ3) is 2.82. The first kappa shape index (κ1) is 12.7. The number of benzene rings is 1. The van der Waals surface area contributed by atoms with Gasteiger partial charge in [0.15, 0.2) is 0 Å². The molecule has 0 spiro atoms. The molecule has 1 heterocycles. The van der Waals surface area contributed by atoms with Gasteiger partial charge in [-0.1, -0.05) is 23.7 Å². The van der Waals surface area contributed by atoms with Crippen LogP contribution in [0.1, 0.15) is 28.8 Å². The molecule has 2 aromatic rings. The lowest BCUT2D eigenvalue weighted by molar-refractivity contribution is 0.0730. The van der Waals surface area contributed by atoms with Crippen LogP contribution >= 0.6 is 22.9 Å². The summed E-state index contributed by atoms with van der Waals surface area (Å²) in [5.74, 6) is 0.0410. The van der Waals surface area contributed by atoms with Crippen LogP contribution in [-0.4, -0.2) is 16.8 Å². The summed E-state index contributed by atoms with van der Waals surface area (Å²) < 4.78 is 0. The molecule has 2 nitrogen and oxygen atoms in total. The van der Waals surface area contributed by atoms with E-state index < -0.39 is 0 Å². The number of amides is 1. The van der Waals surface area contributed by atoms with Crippen molar-refractivity contribution in [1.82, 2.24) is 4.90 Å². The number of nitrogens with zero attached hydrogens (tertiary/aromatic N) is 1. The van der Waals surface area contributed by atoms with E-state index in [-0.39, 0.29) is 5.91 Å². The molecule has 3 rings (SSSR count). The topological polar surface area (TPSA) is 20.3 Å². The highest BCUT2D eigenvalue weighted by Gasteiger charge is 2.33. The Labute approximate surface area is 121 Å². The maximum absolute atomic E-state index is 12.6. The van der Waals surface area contributed by atoms with Crippen LogP contribution in [0.25, 0.3) is 0 Å². The monoisotopic (exact) mass is 291 g/mol. The lowest BCUT2D eigenvalue weighted by Gasteiger charge is -2.22. The van der Waals surface area contributed by atoms with Crippen molar-refractivity contribution in [2.24, 2.45) is 0 Å². The van der Waals surface area contributed by atoms with Crippen LogP contribution in [0.3, 0.4) is 0 Å². The second-order valence-corrected chi connectivity index (χ2v) is 5.96. The second-order valence-electron chi connectivity index (χ2n) is 4.78. The van der Waals surface area contributed by atoms with Crippen molar-refractivity contribution in [2.45, 2.75) is 25.4 Å². The van der Waals surface area contributed by atoms with Crippen LogP contribution in [0.2, 0.25) is 5.02 Å². The summed E-state index contributed by atoms with van der Waals surface area (Å²) in [6.45, 7) is 0.679. The van der Waals surface area contributed by atoms with E-state index in [0.29, 0.717) is 23.2 Å². The molecule has 1 aliphatic carbocycles. The van der Waals surface area contributed by atoms with Gasteiger partial charge in [-0.3, -0.25) is 4.79 Å². The zero-order valence-electron chi connectivity index (χ0n) is 10.4. The number of carbonyl (C=O) groups is 1. The predicted octanol–water partition coefficient (Wildman–Crippen LogP) is 4.21. The molecule has 1 fully saturated rings. The SMILES string of the molecule is O=C(c1ccccc1Cl)N(Cc1ccsc1)C1CC1. The maximum atomic E-state index is 12.6. The third-order valence-corrected chi connectivity index (χ3v) is 4.35. The van der Waals surface area contributed by atoms with E-state index in [1.54, 1.807) is 23.5 Å². The third-order valence-electron chi connectivity index (χ3n) is 3.29. The van der Waals surface area contributed by atoms with Gasteiger partial charge in [-0.05, 0) is 47.4 Å². The maximum Gasteiger partial charge on any atom is 0.255 e. The lowest BCUT2D eigenvalue weighted by atomic mass is 10.2. The summed E-state index contributed by atoms with van der Waals surface area (Å²) in [5.41, 5.74) is 1.79. The van der Waals surface area contributed by atoms with Gasteiger partial charge >= 0.3 is 0 Å². The molecule has 0 aliphatic heterocycles. The first-order valence-corrected chi connectivity index (χ1v) is 7.64. The van der Waals surface area contributed by atoms with Crippen molar-refractivity contribution in [3.05, 3.63) is 57.2 Å². The van der Waals surface area contributed by atoms with Gasteiger partial charge in [-0.15, -0.1) is 0 Å². The second kappa shape index (κ2) is 5.35. The average molecular weight is 292 g/mol. The largest absolute Gasteiger partial charge is 0.331 e. The van der Waals surface area contributed by atoms with E-state index >= 15 is 0 Å². The van der Waals surface area contributed by atoms with Gasteiger partial charge in [0, 0.05) is 12.6 Å². The van der Waals surface area contributed by atoms with E-state index in [0.717, 1.165) is 12.8 Å². The summed E-state index contributed by atoms with van der Waals surface area (Å²) in [5, 5.41) is 4.67. The number of hydrogen-bond donors (Lipinski definition) is 0. The van der Waals surface area contributed by atoms with E-state index in [1.165, 1.54) is 5.56 Å². The predicted molar refractivity (Wildman–Crippen MR) is 78.7 cm³/mol. The van der Waals surface area contributed by atoms with E-state index in [2.05, 4.69) is 11.4 Å². The fraction of sp³-hybridized carbons (Fsp3) is 0.267. The number of thiophene rings is 1. The van der Waals surface area contributed by atoms with E-state index in [1.807, 2.05) is 22.4 Å². The van der Waals surface area contributed by atoms with Gasteiger partial charge in [0.1, 0.15) is 0 Å². The highest BCUT2D eigenvalue weighted by Crippen LogP contribution is 2.31. The standard InChI is InChI=1S/C15H14ClNOS/c16-14-4-2-1-3-13(14)15(18)17(12-5-6-12)9-11-7-8-19-10-11/h1-4,7-8,10,12H,5-6,9H2. The van der Waals surface area contributed by atoms with Gasteiger partial charge in [0.05, 0.1) is 10.6 Å². The molecular weight excluding hydrogens is 278 g/mol. The molecule has 1 saturated carbocycles. The lowest BCUT2D eigenvalue weighted by Crippen LogP contribution is -2.32. The van der Waals surface area contributed by atoms with E-state index in [4.69, 9.17) is 11.6 Å². The van der Waals surface area contributed by atoms with Gasteiger partial charge in [0.2, 0.25) is 0 Å². The molecule has 1 aromatic carbocycles. The summed E-state index contributed by atoms with van der Waals surface area (Å²) in [7, 11) is 0. The van der Waals surface area contributed by atoms with Gasteiger partial charge in [-0.2, -0.15) is 11.3 Å². The molecule has 4 heteroatoms. The molecule has 0 bridgehead atoms. The zero-order chi connectivity index (χ0) is 13.2. The Kier molecular flexibility index (Phi) is 3.58. The summed E-state index contributed by atoms with van der Waals surface area (Å²) in [4.78, 5) is 14.6. The smallest absolute Gasteiger partial charge is 0.255 e.